The zero-order valence-electron chi connectivity index (χ0n) is 22.2. The molecule has 2 rings (SSSR count). The second-order valence-corrected chi connectivity index (χ2v) is 11.6. The summed E-state index contributed by atoms with van der Waals surface area (Å²) in [5.41, 5.74) is -0.166. The molecule has 0 amide bonds. The molecule has 200 valence electrons. The highest BCUT2D eigenvalue weighted by Crippen LogP contribution is 2.25. The molecule has 0 aliphatic rings. The van der Waals surface area contributed by atoms with E-state index in [1.165, 1.54) is 0 Å². The SMILES string of the molecule is CCn1cc(S)n(CC(C)(C)CCOCCCOCCC(C)(C)Cn2c(S)cn(CC)c2=O)c1=O. The minimum Gasteiger partial charge on any atom is -0.381 e. The second kappa shape index (κ2) is 13.3. The maximum Gasteiger partial charge on any atom is 0.329 e. The first kappa shape index (κ1) is 29.9. The molecule has 0 saturated heterocycles. The van der Waals surface area contributed by atoms with Crippen molar-refractivity contribution in [3.8, 4) is 0 Å². The molecular formula is C25H44N4O4S2. The van der Waals surface area contributed by atoms with Crippen LogP contribution in [0.4, 0.5) is 0 Å². The largest absolute Gasteiger partial charge is 0.381 e. The molecule has 10 heteroatoms. The summed E-state index contributed by atoms with van der Waals surface area (Å²) in [7, 11) is 0. The van der Waals surface area contributed by atoms with E-state index in [1.54, 1.807) is 30.7 Å². The Labute approximate surface area is 220 Å². The van der Waals surface area contributed by atoms with Gasteiger partial charge in [0.05, 0.1) is 10.1 Å². The fourth-order valence-electron chi connectivity index (χ4n) is 3.96. The molecule has 2 aromatic heterocycles. The van der Waals surface area contributed by atoms with E-state index in [-0.39, 0.29) is 22.2 Å². The van der Waals surface area contributed by atoms with Crippen LogP contribution >= 0.6 is 25.3 Å². The van der Waals surface area contributed by atoms with Crippen molar-refractivity contribution < 1.29 is 9.47 Å². The van der Waals surface area contributed by atoms with E-state index in [9.17, 15) is 9.59 Å². The van der Waals surface area contributed by atoms with Gasteiger partial charge in [-0.15, -0.1) is 25.3 Å². The summed E-state index contributed by atoms with van der Waals surface area (Å²) in [6.07, 6.45) is 6.12. The van der Waals surface area contributed by atoms with Crippen molar-refractivity contribution in [3.63, 3.8) is 0 Å². The Bertz CT molecular complexity index is 967. The third kappa shape index (κ3) is 8.91. The van der Waals surface area contributed by atoms with Crippen LogP contribution in [0.3, 0.4) is 0 Å². The predicted molar refractivity (Wildman–Crippen MR) is 146 cm³/mol. The third-order valence-electron chi connectivity index (χ3n) is 6.33. The van der Waals surface area contributed by atoms with E-state index in [0.29, 0.717) is 62.7 Å². The zero-order valence-corrected chi connectivity index (χ0v) is 24.0. The van der Waals surface area contributed by atoms with Crippen molar-refractivity contribution >= 4 is 25.3 Å². The van der Waals surface area contributed by atoms with Crippen LogP contribution in [0.1, 0.15) is 60.8 Å². The van der Waals surface area contributed by atoms with Crippen molar-refractivity contribution in [2.24, 2.45) is 10.8 Å². The Morgan fingerprint density at radius 2 is 1.09 bits per heavy atom. The minimum atomic E-state index is -0.0731. The van der Waals surface area contributed by atoms with Gasteiger partial charge in [-0.25, -0.2) is 9.59 Å². The lowest BCUT2D eigenvalue weighted by atomic mass is 9.89. The maximum absolute atomic E-state index is 12.4. The van der Waals surface area contributed by atoms with Crippen molar-refractivity contribution in [1.82, 2.24) is 18.3 Å². The van der Waals surface area contributed by atoms with Gasteiger partial charge in [0, 0.05) is 65.0 Å². The van der Waals surface area contributed by atoms with Gasteiger partial charge in [0.2, 0.25) is 0 Å². The highest BCUT2D eigenvalue weighted by molar-refractivity contribution is 7.80. The monoisotopic (exact) mass is 528 g/mol. The Kier molecular flexibility index (Phi) is 11.3. The number of imidazole rings is 2. The molecule has 0 fully saturated rings. The Hall–Kier alpha value is -1.36. The Morgan fingerprint density at radius 1 is 0.714 bits per heavy atom. The van der Waals surface area contributed by atoms with Gasteiger partial charge in [-0.2, -0.15) is 0 Å². The first-order valence-corrected chi connectivity index (χ1v) is 13.4. The molecule has 0 saturated carbocycles. The van der Waals surface area contributed by atoms with Gasteiger partial charge in [0.25, 0.3) is 0 Å². The van der Waals surface area contributed by atoms with Crippen LogP contribution < -0.4 is 11.4 Å². The van der Waals surface area contributed by atoms with Crippen LogP contribution in [0.2, 0.25) is 0 Å². The number of thiol groups is 2. The van der Waals surface area contributed by atoms with E-state index in [2.05, 4.69) is 53.0 Å². The highest BCUT2D eigenvalue weighted by Gasteiger charge is 2.23. The summed E-state index contributed by atoms with van der Waals surface area (Å²) in [6.45, 7) is 17.6. The molecular weight excluding hydrogens is 484 g/mol. The van der Waals surface area contributed by atoms with Gasteiger partial charge >= 0.3 is 11.4 Å². The molecule has 0 spiro atoms. The van der Waals surface area contributed by atoms with Crippen molar-refractivity contribution in [3.05, 3.63) is 33.4 Å². The molecule has 8 nitrogen and oxygen atoms in total. The molecule has 2 aromatic rings. The Morgan fingerprint density at radius 3 is 1.40 bits per heavy atom. The van der Waals surface area contributed by atoms with Gasteiger partial charge in [0.1, 0.15) is 0 Å². The van der Waals surface area contributed by atoms with Crippen LogP contribution in [0.5, 0.6) is 0 Å². The van der Waals surface area contributed by atoms with Gasteiger partial charge in [-0.05, 0) is 43.9 Å². The van der Waals surface area contributed by atoms with Crippen molar-refractivity contribution in [2.75, 3.05) is 26.4 Å². The highest BCUT2D eigenvalue weighted by atomic mass is 32.1. The molecule has 0 aliphatic heterocycles. The van der Waals surface area contributed by atoms with Crippen LogP contribution in [-0.2, 0) is 35.7 Å². The van der Waals surface area contributed by atoms with Gasteiger partial charge in [-0.1, -0.05) is 27.7 Å². The molecule has 0 aromatic carbocycles. The second-order valence-electron chi connectivity index (χ2n) is 10.7. The predicted octanol–water partition coefficient (Wildman–Crippen LogP) is 4.19. The smallest absolute Gasteiger partial charge is 0.329 e. The van der Waals surface area contributed by atoms with E-state index < -0.39 is 0 Å². The summed E-state index contributed by atoms with van der Waals surface area (Å²) in [6, 6.07) is 0. The van der Waals surface area contributed by atoms with Crippen molar-refractivity contribution in [2.45, 2.75) is 97.0 Å². The lowest BCUT2D eigenvalue weighted by Crippen LogP contribution is -2.31. The molecule has 35 heavy (non-hydrogen) atoms. The number of hydrogen-bond donors (Lipinski definition) is 2. The molecule has 0 bridgehead atoms. The van der Waals surface area contributed by atoms with Crippen LogP contribution in [0.25, 0.3) is 0 Å². The molecule has 0 radical (unpaired) electrons. The number of hydrogen-bond acceptors (Lipinski definition) is 6. The summed E-state index contributed by atoms with van der Waals surface area (Å²) in [4.78, 5) is 24.8. The van der Waals surface area contributed by atoms with Crippen LogP contribution in [0, 0.1) is 10.8 Å². The Balaban J connectivity index is 1.62. The fourth-order valence-corrected chi connectivity index (χ4v) is 4.55. The molecule has 0 atom stereocenters. The van der Waals surface area contributed by atoms with E-state index in [1.807, 2.05) is 13.8 Å². The molecule has 0 unspecified atom stereocenters. The maximum atomic E-state index is 12.4. The topological polar surface area (TPSA) is 72.3 Å². The van der Waals surface area contributed by atoms with E-state index in [4.69, 9.17) is 9.47 Å². The van der Waals surface area contributed by atoms with Gasteiger partial charge in [-0.3, -0.25) is 18.3 Å². The quantitative estimate of drug-likeness (QED) is 0.253. The lowest BCUT2D eigenvalue weighted by molar-refractivity contribution is 0.0568. The standard InChI is InChI=1S/C25H44N4O4S2/c1-7-26-16-20(34)28(22(26)30)18-24(3,4)10-14-32-12-9-13-33-15-11-25(5,6)19-29-21(35)17-27(8-2)23(29)31/h16-17,34-35H,7-15,18-19H2,1-6H3. The molecule has 2 heterocycles. The van der Waals surface area contributed by atoms with Crippen LogP contribution in [-0.4, -0.2) is 44.7 Å². The summed E-state index contributed by atoms with van der Waals surface area (Å²) < 4.78 is 18.5. The summed E-state index contributed by atoms with van der Waals surface area (Å²) >= 11 is 8.91. The summed E-state index contributed by atoms with van der Waals surface area (Å²) in [5.74, 6) is 0. The lowest BCUT2D eigenvalue weighted by Gasteiger charge is -2.25. The third-order valence-corrected chi connectivity index (χ3v) is 7.04. The van der Waals surface area contributed by atoms with Gasteiger partial charge < -0.3 is 9.47 Å². The number of aryl methyl sites for hydroxylation is 2. The fraction of sp³-hybridized carbons (Fsp3) is 0.760. The van der Waals surface area contributed by atoms with Crippen molar-refractivity contribution in [1.29, 1.82) is 0 Å². The van der Waals surface area contributed by atoms with E-state index in [0.717, 1.165) is 19.3 Å². The van der Waals surface area contributed by atoms with Crippen LogP contribution in [0.15, 0.2) is 32.0 Å². The average Bonchev–Trinajstić information content (AvgIpc) is 3.21. The molecule has 0 N–H and O–H groups in total. The number of aromatic nitrogens is 4. The average molecular weight is 529 g/mol. The zero-order chi connectivity index (χ0) is 26.2. The normalized spacial score (nSPS) is 12.6. The van der Waals surface area contributed by atoms with Gasteiger partial charge in [0.15, 0.2) is 0 Å². The summed E-state index contributed by atoms with van der Waals surface area (Å²) in [5, 5.41) is 1.40. The first-order chi connectivity index (χ1) is 16.4. The minimum absolute atomic E-state index is 0.00990. The van der Waals surface area contributed by atoms with E-state index >= 15 is 0 Å². The molecule has 0 aliphatic carbocycles. The first-order valence-electron chi connectivity index (χ1n) is 12.5. The number of ether oxygens (including phenoxy) is 2. The number of nitrogens with zero attached hydrogens (tertiary/aromatic N) is 4. The number of rotatable bonds is 16.